The second kappa shape index (κ2) is 10.2. The lowest BCUT2D eigenvalue weighted by Crippen LogP contribution is -2.45. The number of ether oxygens (including phenoxy) is 2. The third-order valence-corrected chi connectivity index (χ3v) is 6.75. The molecule has 4 rings (SSSR count). The van der Waals surface area contributed by atoms with Gasteiger partial charge in [-0.05, 0) is 56.3 Å². The average molecular weight is 423 g/mol. The summed E-state index contributed by atoms with van der Waals surface area (Å²) in [6, 6.07) is 16.6. The number of hydrogen-bond donors (Lipinski definition) is 0. The molecule has 31 heavy (non-hydrogen) atoms. The van der Waals surface area contributed by atoms with Crippen LogP contribution in [0.15, 0.2) is 48.5 Å². The molecule has 166 valence electrons. The zero-order chi connectivity index (χ0) is 21.6. The van der Waals surface area contributed by atoms with Crippen molar-refractivity contribution in [2.45, 2.75) is 38.1 Å². The Morgan fingerprint density at radius 2 is 1.81 bits per heavy atom. The van der Waals surface area contributed by atoms with Gasteiger partial charge in [0.05, 0.1) is 26.2 Å². The third kappa shape index (κ3) is 5.04. The van der Waals surface area contributed by atoms with Gasteiger partial charge in [0.1, 0.15) is 11.5 Å². The molecule has 2 heterocycles. The maximum Gasteiger partial charge on any atom is 0.227 e. The first-order chi connectivity index (χ1) is 15.2. The van der Waals surface area contributed by atoms with Crippen LogP contribution in [0.2, 0.25) is 0 Å². The fraction of sp³-hybridized carbons (Fsp3) is 0.500. The summed E-state index contributed by atoms with van der Waals surface area (Å²) in [7, 11) is 3.34. The molecular formula is C26H34N2O3. The number of rotatable bonds is 7. The number of likely N-dealkylation sites (tertiary alicyclic amines) is 2. The van der Waals surface area contributed by atoms with E-state index in [0.717, 1.165) is 75.3 Å². The fourth-order valence-electron chi connectivity index (χ4n) is 5.07. The normalized spacial score (nSPS) is 21.8. The van der Waals surface area contributed by atoms with Crippen LogP contribution in [0.4, 0.5) is 0 Å². The van der Waals surface area contributed by atoms with Gasteiger partial charge < -0.3 is 19.3 Å². The summed E-state index contributed by atoms with van der Waals surface area (Å²) in [6.45, 7) is 3.81. The molecule has 0 saturated carbocycles. The van der Waals surface area contributed by atoms with Crippen molar-refractivity contribution in [3.63, 3.8) is 0 Å². The van der Waals surface area contributed by atoms with Crippen LogP contribution in [0.5, 0.6) is 11.5 Å². The van der Waals surface area contributed by atoms with Gasteiger partial charge in [0.25, 0.3) is 0 Å². The van der Waals surface area contributed by atoms with E-state index in [9.17, 15) is 4.79 Å². The zero-order valence-corrected chi connectivity index (χ0v) is 18.8. The fourth-order valence-corrected chi connectivity index (χ4v) is 5.07. The van der Waals surface area contributed by atoms with E-state index in [-0.39, 0.29) is 12.0 Å². The smallest absolute Gasteiger partial charge is 0.227 e. The van der Waals surface area contributed by atoms with Gasteiger partial charge in [0.15, 0.2) is 0 Å². The van der Waals surface area contributed by atoms with Crippen LogP contribution in [0.25, 0.3) is 0 Å². The minimum Gasteiger partial charge on any atom is -0.497 e. The van der Waals surface area contributed by atoms with Gasteiger partial charge in [-0.2, -0.15) is 0 Å². The summed E-state index contributed by atoms with van der Waals surface area (Å²) in [5.74, 6) is 1.98. The second-order valence-electron chi connectivity index (χ2n) is 8.67. The number of amides is 1. The first-order valence-electron chi connectivity index (χ1n) is 11.5. The van der Waals surface area contributed by atoms with E-state index in [0.29, 0.717) is 5.91 Å². The van der Waals surface area contributed by atoms with Crippen molar-refractivity contribution in [2.75, 3.05) is 40.4 Å². The highest BCUT2D eigenvalue weighted by molar-refractivity contribution is 5.80. The molecule has 1 amide bonds. The topological polar surface area (TPSA) is 42.0 Å². The Balaban J connectivity index is 1.42. The van der Waals surface area contributed by atoms with Crippen LogP contribution < -0.4 is 9.47 Å². The van der Waals surface area contributed by atoms with Crippen molar-refractivity contribution in [3.05, 3.63) is 59.7 Å². The van der Waals surface area contributed by atoms with E-state index in [1.807, 2.05) is 12.1 Å². The molecule has 0 aliphatic carbocycles. The number of piperidine rings is 1. The van der Waals surface area contributed by atoms with E-state index >= 15 is 0 Å². The van der Waals surface area contributed by atoms with Crippen molar-refractivity contribution in [3.8, 4) is 11.5 Å². The number of carbonyl (C=O) groups is 1. The lowest BCUT2D eigenvalue weighted by molar-refractivity contribution is -0.138. The molecule has 0 N–H and O–H groups in total. The molecule has 2 saturated heterocycles. The molecule has 2 fully saturated rings. The summed E-state index contributed by atoms with van der Waals surface area (Å²) in [6.07, 6.45) is 5.14. The largest absolute Gasteiger partial charge is 0.497 e. The minimum atomic E-state index is 0.0908. The Labute approximate surface area is 185 Å². The molecule has 2 aromatic rings. The Kier molecular flexibility index (Phi) is 7.13. The molecule has 0 radical (unpaired) electrons. The summed E-state index contributed by atoms with van der Waals surface area (Å²) in [5, 5.41) is 0. The van der Waals surface area contributed by atoms with Gasteiger partial charge >= 0.3 is 0 Å². The predicted molar refractivity (Wildman–Crippen MR) is 123 cm³/mol. The van der Waals surface area contributed by atoms with E-state index in [1.54, 1.807) is 14.2 Å². The Morgan fingerprint density at radius 3 is 2.58 bits per heavy atom. The summed E-state index contributed by atoms with van der Waals surface area (Å²) in [5.41, 5.74) is 2.45. The molecule has 0 aromatic heterocycles. The van der Waals surface area contributed by atoms with Crippen LogP contribution in [-0.4, -0.2) is 56.1 Å². The summed E-state index contributed by atoms with van der Waals surface area (Å²) in [4.78, 5) is 18.1. The molecular weight excluding hydrogens is 388 g/mol. The van der Waals surface area contributed by atoms with Gasteiger partial charge in [-0.25, -0.2) is 0 Å². The first kappa shape index (κ1) is 21.7. The van der Waals surface area contributed by atoms with E-state index in [1.165, 1.54) is 5.56 Å². The maximum absolute atomic E-state index is 13.6. The Hall–Kier alpha value is -2.53. The molecule has 2 aromatic carbocycles. The van der Waals surface area contributed by atoms with Crippen LogP contribution in [0.1, 0.15) is 42.9 Å². The lowest BCUT2D eigenvalue weighted by atomic mass is 9.94. The Bertz CT molecular complexity index is 870. The van der Waals surface area contributed by atoms with E-state index < -0.39 is 0 Å². The molecule has 2 atom stereocenters. The van der Waals surface area contributed by atoms with Gasteiger partial charge in [0.2, 0.25) is 5.91 Å². The molecule has 2 aliphatic heterocycles. The molecule has 0 unspecified atom stereocenters. The monoisotopic (exact) mass is 422 g/mol. The average Bonchev–Trinajstić information content (AvgIpc) is 3.32. The van der Waals surface area contributed by atoms with Crippen molar-refractivity contribution < 1.29 is 14.3 Å². The first-order valence-corrected chi connectivity index (χ1v) is 11.5. The van der Waals surface area contributed by atoms with Gasteiger partial charge in [0, 0.05) is 31.3 Å². The number of nitrogens with zero attached hydrogens (tertiary/aromatic N) is 2. The van der Waals surface area contributed by atoms with Crippen LogP contribution in [-0.2, 0) is 11.2 Å². The highest BCUT2D eigenvalue weighted by atomic mass is 16.5. The Morgan fingerprint density at radius 1 is 1.00 bits per heavy atom. The number of carbonyl (C=O) groups excluding carboxylic acids is 1. The van der Waals surface area contributed by atoms with Gasteiger partial charge in [-0.15, -0.1) is 0 Å². The maximum atomic E-state index is 13.6. The van der Waals surface area contributed by atoms with Crippen molar-refractivity contribution in [1.82, 2.24) is 9.80 Å². The van der Waals surface area contributed by atoms with Crippen LogP contribution in [0.3, 0.4) is 0 Å². The van der Waals surface area contributed by atoms with Crippen molar-refractivity contribution in [1.29, 1.82) is 0 Å². The van der Waals surface area contributed by atoms with E-state index in [2.05, 4.69) is 46.2 Å². The van der Waals surface area contributed by atoms with Gasteiger partial charge in [-0.1, -0.05) is 30.3 Å². The van der Waals surface area contributed by atoms with Gasteiger partial charge in [-0.3, -0.25) is 4.79 Å². The molecule has 0 spiro atoms. The third-order valence-electron chi connectivity index (χ3n) is 6.75. The molecule has 5 nitrogen and oxygen atoms in total. The standard InChI is InChI=1S/C26H34N2O3/c1-30-22-12-13-23(25(18-22)31-2)24-11-7-16-28(24)26(29)21-10-6-15-27(19-21)17-14-20-8-4-3-5-9-20/h3-5,8-9,12-13,18,21,24H,6-7,10-11,14-17,19H2,1-2H3/t21-,24-/m1/s1. The predicted octanol–water partition coefficient (Wildman–Crippen LogP) is 4.32. The lowest BCUT2D eigenvalue weighted by Gasteiger charge is -2.36. The van der Waals surface area contributed by atoms with E-state index in [4.69, 9.17) is 9.47 Å². The number of hydrogen-bond acceptors (Lipinski definition) is 4. The highest BCUT2D eigenvalue weighted by Gasteiger charge is 2.36. The van der Waals surface area contributed by atoms with Crippen molar-refractivity contribution in [2.24, 2.45) is 5.92 Å². The quantitative estimate of drug-likeness (QED) is 0.666. The number of methoxy groups -OCH3 is 2. The summed E-state index contributed by atoms with van der Waals surface area (Å²) >= 11 is 0. The second-order valence-corrected chi connectivity index (χ2v) is 8.67. The number of benzene rings is 2. The highest BCUT2D eigenvalue weighted by Crippen LogP contribution is 2.40. The molecule has 2 aliphatic rings. The zero-order valence-electron chi connectivity index (χ0n) is 18.8. The molecule has 0 bridgehead atoms. The molecule has 5 heteroatoms. The van der Waals surface area contributed by atoms with Crippen LogP contribution >= 0.6 is 0 Å². The summed E-state index contributed by atoms with van der Waals surface area (Å²) < 4.78 is 11.0. The SMILES string of the molecule is COc1ccc([C@H]2CCCN2C(=O)[C@@H]2CCCN(CCc3ccccc3)C2)c(OC)c1. The minimum absolute atomic E-state index is 0.0908. The van der Waals surface area contributed by atoms with Crippen molar-refractivity contribution >= 4 is 5.91 Å². The van der Waals surface area contributed by atoms with Crippen LogP contribution in [0, 0.1) is 5.92 Å².